The largest absolute Gasteiger partial charge is 0.479 e. The molecule has 0 bridgehead atoms. The molecule has 4 rings (SSSR count). The number of amides is 1. The van der Waals surface area contributed by atoms with E-state index in [-0.39, 0.29) is 19.1 Å². The van der Waals surface area contributed by atoms with Crippen molar-refractivity contribution in [2.45, 2.75) is 31.2 Å². The summed E-state index contributed by atoms with van der Waals surface area (Å²) in [7, 11) is 1.89. The van der Waals surface area contributed by atoms with Crippen molar-refractivity contribution in [3.8, 4) is 11.1 Å². The molecular weight excluding hydrogens is 380 g/mol. The Hall–Kier alpha value is -2.86. The molecule has 0 radical (unpaired) electrons. The molecule has 1 unspecified atom stereocenters. The number of carbonyl (C=O) groups excluding carboxylic acids is 1. The van der Waals surface area contributed by atoms with Crippen molar-refractivity contribution < 1.29 is 19.4 Å². The highest BCUT2D eigenvalue weighted by atomic mass is 16.6. The number of nitrogens with zero attached hydrogens (tertiary/aromatic N) is 2. The first kappa shape index (κ1) is 20.4. The lowest BCUT2D eigenvalue weighted by Crippen LogP contribution is -2.64. The number of hydrogen-bond donors (Lipinski definition) is 1. The van der Waals surface area contributed by atoms with Gasteiger partial charge in [0.25, 0.3) is 0 Å². The highest BCUT2D eigenvalue weighted by Gasteiger charge is 2.49. The van der Waals surface area contributed by atoms with Gasteiger partial charge in [0.05, 0.1) is 0 Å². The molecule has 0 aromatic heterocycles. The van der Waals surface area contributed by atoms with Gasteiger partial charge in [-0.3, -0.25) is 4.90 Å². The smallest absolute Gasteiger partial charge is 0.410 e. The lowest BCUT2D eigenvalue weighted by Gasteiger charge is -2.44. The van der Waals surface area contributed by atoms with Gasteiger partial charge in [0.15, 0.2) is 5.54 Å². The standard InChI is InChI=1S/C24H28N2O4/c1-3-26(24(22(27)28)13-8-14-25(2)16-24)23(29)30-15-21-19-11-6-4-9-17(19)18-10-5-7-12-20(18)21/h4-7,9-12,21H,3,8,13-16H2,1-2H3,(H,27,28). The Morgan fingerprint density at radius 1 is 1.13 bits per heavy atom. The second-order valence-corrected chi connectivity index (χ2v) is 8.23. The first-order valence-electron chi connectivity index (χ1n) is 10.5. The predicted molar refractivity (Wildman–Crippen MR) is 115 cm³/mol. The minimum Gasteiger partial charge on any atom is -0.479 e. The van der Waals surface area contributed by atoms with Crippen LogP contribution in [0.2, 0.25) is 0 Å². The Morgan fingerprint density at radius 3 is 2.27 bits per heavy atom. The van der Waals surface area contributed by atoms with E-state index >= 15 is 0 Å². The van der Waals surface area contributed by atoms with Gasteiger partial charge in [-0.1, -0.05) is 48.5 Å². The molecule has 1 heterocycles. The van der Waals surface area contributed by atoms with Gasteiger partial charge in [-0.2, -0.15) is 0 Å². The van der Waals surface area contributed by atoms with E-state index in [1.54, 1.807) is 6.92 Å². The number of likely N-dealkylation sites (N-methyl/N-ethyl adjacent to an activating group) is 2. The molecule has 30 heavy (non-hydrogen) atoms. The molecule has 0 saturated carbocycles. The summed E-state index contributed by atoms with van der Waals surface area (Å²) >= 11 is 0. The Labute approximate surface area is 177 Å². The molecule has 1 fully saturated rings. The van der Waals surface area contributed by atoms with E-state index in [2.05, 4.69) is 24.3 Å². The Bertz CT molecular complexity index is 914. The number of ether oxygens (including phenoxy) is 1. The summed E-state index contributed by atoms with van der Waals surface area (Å²) in [6, 6.07) is 16.3. The fraction of sp³-hybridized carbons (Fsp3) is 0.417. The summed E-state index contributed by atoms with van der Waals surface area (Å²) in [6.45, 7) is 3.42. The molecule has 2 aromatic rings. The van der Waals surface area contributed by atoms with Gasteiger partial charge in [-0.15, -0.1) is 0 Å². The quantitative estimate of drug-likeness (QED) is 0.815. The van der Waals surface area contributed by atoms with Crippen LogP contribution in [0.3, 0.4) is 0 Å². The lowest BCUT2D eigenvalue weighted by atomic mass is 9.87. The van der Waals surface area contributed by atoms with Crippen molar-refractivity contribution in [3.63, 3.8) is 0 Å². The van der Waals surface area contributed by atoms with Crippen molar-refractivity contribution in [1.82, 2.24) is 9.80 Å². The van der Waals surface area contributed by atoms with Gasteiger partial charge < -0.3 is 14.7 Å². The Kier molecular flexibility index (Phi) is 5.52. The van der Waals surface area contributed by atoms with Gasteiger partial charge in [0.2, 0.25) is 0 Å². The average Bonchev–Trinajstić information content (AvgIpc) is 3.06. The molecule has 1 aliphatic carbocycles. The lowest BCUT2D eigenvalue weighted by molar-refractivity contribution is -0.154. The minimum atomic E-state index is -1.25. The van der Waals surface area contributed by atoms with Crippen LogP contribution in [0.1, 0.15) is 36.8 Å². The topological polar surface area (TPSA) is 70.1 Å². The summed E-state index contributed by atoms with van der Waals surface area (Å²) in [5.41, 5.74) is 3.36. The van der Waals surface area contributed by atoms with Gasteiger partial charge in [0.1, 0.15) is 6.61 Å². The van der Waals surface area contributed by atoms with E-state index in [9.17, 15) is 14.7 Å². The zero-order valence-corrected chi connectivity index (χ0v) is 17.5. The summed E-state index contributed by atoms with van der Waals surface area (Å²) in [4.78, 5) is 28.7. The van der Waals surface area contributed by atoms with Crippen molar-refractivity contribution in [3.05, 3.63) is 59.7 Å². The molecule has 6 heteroatoms. The summed E-state index contributed by atoms with van der Waals surface area (Å²) in [6.07, 6.45) is 0.609. The van der Waals surface area contributed by atoms with Gasteiger partial charge in [0, 0.05) is 19.0 Å². The third-order valence-electron chi connectivity index (χ3n) is 6.45. The van der Waals surface area contributed by atoms with Crippen molar-refractivity contribution in [1.29, 1.82) is 0 Å². The number of carbonyl (C=O) groups is 2. The number of aliphatic carboxylic acids is 1. The number of benzene rings is 2. The normalized spacial score (nSPS) is 21.0. The first-order valence-corrected chi connectivity index (χ1v) is 10.5. The molecule has 2 aliphatic rings. The number of hydrogen-bond acceptors (Lipinski definition) is 4. The third kappa shape index (κ3) is 3.35. The number of likely N-dealkylation sites (tertiary alicyclic amines) is 1. The van der Waals surface area contributed by atoms with Crippen LogP contribution >= 0.6 is 0 Å². The second kappa shape index (κ2) is 8.11. The van der Waals surface area contributed by atoms with Crippen molar-refractivity contribution in [2.24, 2.45) is 0 Å². The van der Waals surface area contributed by atoms with Crippen LogP contribution in [0.4, 0.5) is 4.79 Å². The average molecular weight is 408 g/mol. The highest BCUT2D eigenvalue weighted by Crippen LogP contribution is 2.44. The molecular formula is C24H28N2O4. The van der Waals surface area contributed by atoms with E-state index in [4.69, 9.17) is 4.74 Å². The molecule has 158 valence electrons. The monoisotopic (exact) mass is 408 g/mol. The van der Waals surface area contributed by atoms with Crippen LogP contribution in [0.15, 0.2) is 48.5 Å². The summed E-state index contributed by atoms with van der Waals surface area (Å²) in [5.74, 6) is -1.01. The predicted octanol–water partition coefficient (Wildman–Crippen LogP) is 3.81. The molecule has 1 amide bonds. The Balaban J connectivity index is 1.56. The molecule has 6 nitrogen and oxygen atoms in total. The van der Waals surface area contributed by atoms with Gasteiger partial charge in [-0.25, -0.2) is 9.59 Å². The molecule has 1 saturated heterocycles. The number of carboxylic acid groups (broad SMARTS) is 1. The number of rotatable bonds is 5. The minimum absolute atomic E-state index is 0.0464. The maximum Gasteiger partial charge on any atom is 0.410 e. The van der Waals surface area contributed by atoms with E-state index in [1.165, 1.54) is 4.90 Å². The van der Waals surface area contributed by atoms with Crippen LogP contribution in [-0.2, 0) is 9.53 Å². The second-order valence-electron chi connectivity index (χ2n) is 8.23. The SMILES string of the molecule is CCN(C(=O)OCC1c2ccccc2-c2ccccc21)C1(C(=O)O)CCCN(C)C1. The zero-order valence-electron chi connectivity index (χ0n) is 17.5. The van der Waals surface area contributed by atoms with Gasteiger partial charge in [-0.05, 0) is 55.6 Å². The first-order chi connectivity index (χ1) is 14.5. The van der Waals surface area contributed by atoms with Gasteiger partial charge >= 0.3 is 12.1 Å². The van der Waals surface area contributed by atoms with E-state index in [1.807, 2.05) is 36.2 Å². The van der Waals surface area contributed by atoms with Crippen LogP contribution in [0.5, 0.6) is 0 Å². The van der Waals surface area contributed by atoms with Crippen LogP contribution in [-0.4, -0.2) is 65.8 Å². The van der Waals surface area contributed by atoms with Crippen LogP contribution in [0.25, 0.3) is 11.1 Å². The van der Waals surface area contributed by atoms with Crippen LogP contribution < -0.4 is 0 Å². The molecule has 1 aliphatic heterocycles. The fourth-order valence-electron chi connectivity index (χ4n) is 5.03. The maximum absolute atomic E-state index is 13.1. The number of piperidine rings is 1. The van der Waals surface area contributed by atoms with Crippen molar-refractivity contribution >= 4 is 12.1 Å². The summed E-state index contributed by atoms with van der Waals surface area (Å²) in [5, 5.41) is 10.0. The van der Waals surface area contributed by atoms with Crippen LogP contribution in [0, 0.1) is 0 Å². The number of fused-ring (bicyclic) bond motifs is 3. The van der Waals surface area contributed by atoms with E-state index in [0.29, 0.717) is 13.0 Å². The van der Waals surface area contributed by atoms with E-state index in [0.717, 1.165) is 35.2 Å². The zero-order chi connectivity index (χ0) is 21.3. The molecule has 0 spiro atoms. The Morgan fingerprint density at radius 2 is 1.73 bits per heavy atom. The maximum atomic E-state index is 13.1. The molecule has 2 aromatic carbocycles. The van der Waals surface area contributed by atoms with Crippen molar-refractivity contribution in [2.75, 3.05) is 33.3 Å². The molecule has 1 N–H and O–H groups in total. The van der Waals surface area contributed by atoms with E-state index < -0.39 is 17.6 Å². The fourth-order valence-corrected chi connectivity index (χ4v) is 5.03. The summed E-state index contributed by atoms with van der Waals surface area (Å²) < 4.78 is 5.76. The highest BCUT2D eigenvalue weighted by molar-refractivity contribution is 5.85. The number of carboxylic acids is 1. The molecule has 1 atom stereocenters. The third-order valence-corrected chi connectivity index (χ3v) is 6.45.